The Hall–Kier alpha value is -3.41. The number of Topliss-reactive ketones (excluding diaryl/α,β-unsaturated/α-hetero) is 1. The number of amides is 1. The van der Waals surface area contributed by atoms with Crippen molar-refractivity contribution in [1.29, 1.82) is 0 Å². The number of aromatic nitrogens is 1. The van der Waals surface area contributed by atoms with Crippen LogP contribution in [0, 0.1) is 0 Å². The van der Waals surface area contributed by atoms with Crippen molar-refractivity contribution in [2.75, 3.05) is 13.1 Å². The van der Waals surface area contributed by atoms with Crippen molar-refractivity contribution >= 4 is 76.2 Å². The molecule has 43 heavy (non-hydrogen) atoms. The molecule has 0 saturated carbocycles. The number of benzene rings is 2. The highest BCUT2D eigenvalue weighted by molar-refractivity contribution is 6.42. The maximum absolute atomic E-state index is 13.4. The number of ketones is 1. The van der Waals surface area contributed by atoms with Crippen molar-refractivity contribution in [3.63, 3.8) is 0 Å². The van der Waals surface area contributed by atoms with Crippen LogP contribution in [0.25, 0.3) is 12.2 Å². The van der Waals surface area contributed by atoms with E-state index < -0.39 is 18.2 Å². The van der Waals surface area contributed by atoms with E-state index in [1.165, 1.54) is 0 Å². The molecule has 1 atom stereocenters. The number of alkyl halides is 3. The number of carbonyl (C=O) groups excluding carboxylic acids is 2. The van der Waals surface area contributed by atoms with Gasteiger partial charge in [-0.05, 0) is 59.7 Å². The van der Waals surface area contributed by atoms with Crippen LogP contribution in [-0.4, -0.2) is 58.0 Å². The molecule has 1 saturated heterocycles. The predicted molar refractivity (Wildman–Crippen MR) is 160 cm³/mol. The fraction of sp³-hybridized carbons (Fsp3) is 0.172. The minimum Gasteiger partial charge on any atom is -0.475 e. The lowest BCUT2D eigenvalue weighted by Gasteiger charge is -2.32. The average molecular weight is 675 g/mol. The smallest absolute Gasteiger partial charge is 0.475 e. The molecule has 0 spiro atoms. The molecule has 226 valence electrons. The molecule has 3 N–H and O–H groups in total. The van der Waals surface area contributed by atoms with Crippen molar-refractivity contribution < 1.29 is 32.7 Å². The van der Waals surface area contributed by atoms with E-state index in [9.17, 15) is 22.8 Å². The second-order valence-corrected chi connectivity index (χ2v) is 10.8. The second kappa shape index (κ2) is 14.9. The lowest BCUT2D eigenvalue weighted by molar-refractivity contribution is -0.192. The minimum absolute atomic E-state index is 0.104. The molecule has 0 radical (unpaired) electrons. The Morgan fingerprint density at radius 1 is 0.907 bits per heavy atom. The third-order valence-corrected chi connectivity index (χ3v) is 7.38. The lowest BCUT2D eigenvalue weighted by atomic mass is 9.93. The quantitative estimate of drug-likeness (QED) is 0.289. The number of carboxylic acid groups (broad SMARTS) is 1. The van der Waals surface area contributed by atoms with Gasteiger partial charge in [0.2, 0.25) is 5.91 Å². The molecule has 2 aromatic carbocycles. The largest absolute Gasteiger partial charge is 0.490 e. The van der Waals surface area contributed by atoms with Gasteiger partial charge in [0.25, 0.3) is 0 Å². The number of rotatable bonds is 5. The third kappa shape index (κ3) is 9.80. The Kier molecular flexibility index (Phi) is 11.8. The van der Waals surface area contributed by atoms with Crippen molar-refractivity contribution in [2.24, 2.45) is 5.73 Å². The summed E-state index contributed by atoms with van der Waals surface area (Å²) >= 11 is 24.4. The molecule has 1 aliphatic heterocycles. The van der Waals surface area contributed by atoms with Crippen molar-refractivity contribution in [3.05, 3.63) is 109 Å². The molecule has 14 heteroatoms. The molecule has 2 heterocycles. The zero-order valence-electron chi connectivity index (χ0n) is 21.9. The Morgan fingerprint density at radius 2 is 1.40 bits per heavy atom. The van der Waals surface area contributed by atoms with Crippen molar-refractivity contribution in [1.82, 2.24) is 9.88 Å². The number of nitrogens with zero attached hydrogens (tertiary/aromatic N) is 2. The third-order valence-electron chi connectivity index (χ3n) is 5.90. The summed E-state index contributed by atoms with van der Waals surface area (Å²) in [5.41, 5.74) is 9.20. The zero-order valence-corrected chi connectivity index (χ0v) is 24.9. The van der Waals surface area contributed by atoms with E-state index in [-0.39, 0.29) is 31.2 Å². The van der Waals surface area contributed by atoms with Gasteiger partial charge in [-0.25, -0.2) is 4.79 Å². The Bertz CT molecular complexity index is 1510. The highest BCUT2D eigenvalue weighted by Crippen LogP contribution is 2.28. The molecule has 3 aromatic rings. The summed E-state index contributed by atoms with van der Waals surface area (Å²) in [6, 6.07) is 14.8. The van der Waals surface area contributed by atoms with Gasteiger partial charge in [0, 0.05) is 42.5 Å². The number of carbonyl (C=O) groups is 3. The number of aliphatic carboxylic acids is 1. The molecule has 1 amide bonds. The van der Waals surface area contributed by atoms with E-state index in [0.717, 1.165) is 0 Å². The molecule has 0 aliphatic carbocycles. The number of pyridine rings is 1. The van der Waals surface area contributed by atoms with Crippen LogP contribution < -0.4 is 5.73 Å². The van der Waals surface area contributed by atoms with Crippen LogP contribution in [0.5, 0.6) is 0 Å². The first-order valence-corrected chi connectivity index (χ1v) is 13.8. The predicted octanol–water partition coefficient (Wildman–Crippen LogP) is 6.78. The van der Waals surface area contributed by atoms with E-state index in [1.54, 1.807) is 65.7 Å². The average Bonchev–Trinajstić information content (AvgIpc) is 2.94. The Morgan fingerprint density at radius 3 is 1.79 bits per heavy atom. The maximum atomic E-state index is 13.4. The summed E-state index contributed by atoms with van der Waals surface area (Å²) in [7, 11) is 0. The van der Waals surface area contributed by atoms with Crippen LogP contribution in [-0.2, 0) is 20.8 Å². The highest BCUT2D eigenvalue weighted by atomic mass is 35.5. The van der Waals surface area contributed by atoms with E-state index in [0.29, 0.717) is 48.1 Å². The van der Waals surface area contributed by atoms with E-state index in [4.69, 9.17) is 62.0 Å². The monoisotopic (exact) mass is 673 g/mol. The molecular weight excluding hydrogens is 653 g/mol. The SMILES string of the molecule is N[C@@H](Cc1ccccn1)C(=O)N1C/C(=C\c2ccc(Cl)c(Cl)c2)C(=O)/C(=C/c2ccc(Cl)c(Cl)c2)C1.O=C(O)C(F)(F)F. The van der Waals surface area contributed by atoms with Crippen molar-refractivity contribution in [3.8, 4) is 0 Å². The number of piperidine rings is 1. The lowest BCUT2D eigenvalue weighted by Crippen LogP contribution is -2.49. The van der Waals surface area contributed by atoms with Gasteiger partial charge in [-0.1, -0.05) is 64.6 Å². The summed E-state index contributed by atoms with van der Waals surface area (Å²) in [4.78, 5) is 41.5. The molecule has 1 aliphatic rings. The van der Waals surface area contributed by atoms with Gasteiger partial charge in [0.1, 0.15) is 0 Å². The number of carboxylic acids is 1. The van der Waals surface area contributed by atoms with E-state index >= 15 is 0 Å². The maximum Gasteiger partial charge on any atom is 0.490 e. The van der Waals surface area contributed by atoms with Crippen molar-refractivity contribution in [2.45, 2.75) is 18.6 Å². The number of hydrogen-bond donors (Lipinski definition) is 2. The molecule has 7 nitrogen and oxygen atoms in total. The molecular formula is C29H22Cl4F3N3O4. The summed E-state index contributed by atoms with van der Waals surface area (Å²) in [6.45, 7) is 0.207. The normalized spacial score (nSPS) is 16.1. The van der Waals surface area contributed by atoms with Gasteiger partial charge in [0.05, 0.1) is 26.1 Å². The molecule has 0 bridgehead atoms. The van der Waals surface area contributed by atoms with Gasteiger partial charge in [-0.15, -0.1) is 0 Å². The first-order chi connectivity index (χ1) is 20.1. The Balaban J connectivity index is 0.000000646. The van der Waals surface area contributed by atoms with Gasteiger partial charge in [-0.3, -0.25) is 14.6 Å². The standard InChI is InChI=1S/C27H21Cl4N3O2.C2HF3O2/c28-21-6-4-16(11-23(21)30)9-18-14-34(27(36)25(32)13-20-3-1-2-8-33-20)15-19(26(18)35)10-17-5-7-22(29)24(31)12-17;3-2(4,5)1(6)7/h1-12,25H,13-15,32H2;(H,6,7)/b18-9+,19-10+;/t25-;/m0./s1. The summed E-state index contributed by atoms with van der Waals surface area (Å²) < 4.78 is 31.7. The zero-order chi connectivity index (χ0) is 31.9. The summed E-state index contributed by atoms with van der Waals surface area (Å²) in [6.07, 6.45) is 0.262. The van der Waals surface area contributed by atoms with Crippen LogP contribution in [0.15, 0.2) is 71.9 Å². The fourth-order valence-electron chi connectivity index (χ4n) is 3.87. The van der Waals surface area contributed by atoms with Gasteiger partial charge in [-0.2, -0.15) is 13.2 Å². The Labute approximate surface area is 264 Å². The molecule has 0 unspecified atom stereocenters. The van der Waals surface area contributed by atoms with Gasteiger partial charge >= 0.3 is 12.1 Å². The van der Waals surface area contributed by atoms with Crippen LogP contribution in [0.3, 0.4) is 0 Å². The van der Waals surface area contributed by atoms with Gasteiger partial charge in [0.15, 0.2) is 5.78 Å². The van der Waals surface area contributed by atoms with E-state index in [2.05, 4.69) is 4.98 Å². The van der Waals surface area contributed by atoms with Crippen LogP contribution in [0.2, 0.25) is 20.1 Å². The second-order valence-electron chi connectivity index (χ2n) is 9.14. The number of hydrogen-bond acceptors (Lipinski definition) is 5. The van der Waals surface area contributed by atoms with Crippen LogP contribution in [0.4, 0.5) is 13.2 Å². The minimum atomic E-state index is -5.08. The number of likely N-dealkylation sites (tertiary alicyclic amines) is 1. The summed E-state index contributed by atoms with van der Waals surface area (Å²) in [5, 5.41) is 8.68. The summed E-state index contributed by atoms with van der Waals surface area (Å²) in [5.74, 6) is -3.23. The number of halogens is 7. The fourth-order valence-corrected chi connectivity index (χ4v) is 4.48. The highest BCUT2D eigenvalue weighted by Gasteiger charge is 2.38. The molecule has 1 fully saturated rings. The van der Waals surface area contributed by atoms with Crippen LogP contribution >= 0.6 is 46.4 Å². The first-order valence-electron chi connectivity index (χ1n) is 12.3. The number of nitrogens with two attached hydrogens (primary N) is 1. The molecule has 4 rings (SSSR count). The van der Waals surface area contributed by atoms with E-state index in [1.807, 2.05) is 12.1 Å². The molecule has 1 aromatic heterocycles. The topological polar surface area (TPSA) is 114 Å². The first kappa shape index (κ1) is 34.1. The van der Waals surface area contributed by atoms with Crippen LogP contribution in [0.1, 0.15) is 16.8 Å². The van der Waals surface area contributed by atoms with Gasteiger partial charge < -0.3 is 15.7 Å².